The number of hydrogen-bond donors (Lipinski definition) is 1. The zero-order chi connectivity index (χ0) is 24.7. The van der Waals surface area contributed by atoms with Crippen LogP contribution in [-0.2, 0) is 17.8 Å². The zero-order valence-electron chi connectivity index (χ0n) is 19.7. The highest BCUT2D eigenvalue weighted by Crippen LogP contribution is 2.40. The van der Waals surface area contributed by atoms with Crippen LogP contribution in [0.3, 0.4) is 0 Å². The molecule has 0 amide bonds. The highest BCUT2D eigenvalue weighted by Gasteiger charge is 2.21. The van der Waals surface area contributed by atoms with Crippen molar-refractivity contribution < 1.29 is 14.6 Å². The van der Waals surface area contributed by atoms with Crippen molar-refractivity contribution in [3.05, 3.63) is 121 Å². The van der Waals surface area contributed by atoms with Crippen LogP contribution in [0, 0.1) is 0 Å². The van der Waals surface area contributed by atoms with E-state index in [-0.39, 0.29) is 6.61 Å². The number of aliphatic carboxylic acids is 1. The summed E-state index contributed by atoms with van der Waals surface area (Å²) in [6, 6.07) is 38.6. The van der Waals surface area contributed by atoms with Gasteiger partial charge in [0.15, 0.2) is 6.61 Å². The molecule has 1 heterocycles. The molecule has 178 valence electrons. The maximum atomic E-state index is 10.9. The van der Waals surface area contributed by atoms with Crippen molar-refractivity contribution in [2.45, 2.75) is 13.0 Å². The van der Waals surface area contributed by atoms with Gasteiger partial charge in [-0.05, 0) is 29.7 Å². The normalized spacial score (nSPS) is 10.8. The number of aromatic nitrogens is 2. The van der Waals surface area contributed by atoms with Gasteiger partial charge in [-0.1, -0.05) is 103 Å². The molecule has 0 bridgehead atoms. The first-order chi connectivity index (χ1) is 17.7. The maximum absolute atomic E-state index is 10.9. The Morgan fingerprint density at radius 2 is 1.36 bits per heavy atom. The second-order valence-corrected chi connectivity index (χ2v) is 8.47. The van der Waals surface area contributed by atoms with E-state index < -0.39 is 5.97 Å². The van der Waals surface area contributed by atoms with E-state index in [9.17, 15) is 4.79 Å². The first kappa shape index (κ1) is 23.1. The fourth-order valence-corrected chi connectivity index (χ4v) is 4.36. The monoisotopic (exact) mass is 474 g/mol. The molecular weight excluding hydrogens is 448 g/mol. The van der Waals surface area contributed by atoms with Crippen molar-refractivity contribution in [2.75, 3.05) is 6.61 Å². The van der Waals surface area contributed by atoms with Gasteiger partial charge in [0.2, 0.25) is 0 Å². The van der Waals surface area contributed by atoms with Crippen molar-refractivity contribution in [3.63, 3.8) is 0 Å². The first-order valence-electron chi connectivity index (χ1n) is 11.9. The van der Waals surface area contributed by atoms with Gasteiger partial charge in [0.25, 0.3) is 0 Å². The molecule has 0 atom stereocenters. The molecule has 0 saturated heterocycles. The number of carboxylic acid groups (broad SMARTS) is 1. The van der Waals surface area contributed by atoms with Crippen molar-refractivity contribution in [3.8, 4) is 39.4 Å². The Kier molecular flexibility index (Phi) is 6.90. The lowest BCUT2D eigenvalue weighted by molar-refractivity contribution is -0.139. The molecule has 1 aromatic heterocycles. The molecule has 5 heteroatoms. The van der Waals surface area contributed by atoms with E-state index in [1.165, 1.54) is 0 Å². The number of carboxylic acids is 1. The van der Waals surface area contributed by atoms with Crippen LogP contribution >= 0.6 is 0 Å². The number of hydrogen-bond acceptors (Lipinski definition) is 3. The standard InChI is InChI=1S/C31H26N2O3/c34-28(35)22-36-27-18-10-11-23(21-27)19-20-33-31(26-16-8-3-9-17-26)29(24-12-4-1-5-13-24)30(32-33)25-14-6-2-7-15-25/h1-18,21H,19-20,22H2,(H,34,35). The Labute approximate surface area is 210 Å². The summed E-state index contributed by atoms with van der Waals surface area (Å²) in [7, 11) is 0. The highest BCUT2D eigenvalue weighted by molar-refractivity contribution is 5.91. The van der Waals surface area contributed by atoms with Gasteiger partial charge in [-0.3, -0.25) is 4.68 Å². The zero-order valence-corrected chi connectivity index (χ0v) is 19.7. The van der Waals surface area contributed by atoms with Gasteiger partial charge in [-0.2, -0.15) is 5.10 Å². The van der Waals surface area contributed by atoms with Crippen LogP contribution in [0.1, 0.15) is 5.56 Å². The van der Waals surface area contributed by atoms with E-state index in [1.807, 2.05) is 60.7 Å². The SMILES string of the molecule is O=C(O)COc1cccc(CCn2nc(-c3ccccc3)c(-c3ccccc3)c2-c2ccccc2)c1. The van der Waals surface area contributed by atoms with E-state index in [0.717, 1.165) is 39.2 Å². The molecule has 0 unspecified atom stereocenters. The maximum Gasteiger partial charge on any atom is 0.341 e. The van der Waals surface area contributed by atoms with Crippen molar-refractivity contribution in [1.29, 1.82) is 0 Å². The average Bonchev–Trinajstić information content (AvgIpc) is 3.32. The van der Waals surface area contributed by atoms with Crippen LogP contribution in [0.15, 0.2) is 115 Å². The van der Waals surface area contributed by atoms with Gasteiger partial charge in [0.05, 0.1) is 5.69 Å². The third kappa shape index (κ3) is 5.20. The van der Waals surface area contributed by atoms with Crippen LogP contribution < -0.4 is 4.74 Å². The fourth-order valence-electron chi connectivity index (χ4n) is 4.36. The van der Waals surface area contributed by atoms with Crippen LogP contribution in [0.5, 0.6) is 5.75 Å². The minimum atomic E-state index is -0.994. The summed E-state index contributed by atoms with van der Waals surface area (Å²) in [4.78, 5) is 10.9. The molecule has 0 spiro atoms. The van der Waals surface area contributed by atoms with Crippen molar-refractivity contribution >= 4 is 5.97 Å². The fraction of sp³-hybridized carbons (Fsp3) is 0.0968. The molecule has 0 saturated carbocycles. The Morgan fingerprint density at radius 3 is 2.00 bits per heavy atom. The number of rotatable bonds is 9. The van der Waals surface area contributed by atoms with Gasteiger partial charge < -0.3 is 9.84 Å². The quantitative estimate of drug-likeness (QED) is 0.262. The molecule has 1 N–H and O–H groups in total. The molecule has 5 aromatic rings. The number of carbonyl (C=O) groups is 1. The third-order valence-corrected chi connectivity index (χ3v) is 5.98. The van der Waals surface area contributed by atoms with Crippen LogP contribution in [0.25, 0.3) is 33.6 Å². The predicted octanol–water partition coefficient (Wildman–Crippen LogP) is 6.59. The number of aryl methyl sites for hydroxylation is 2. The molecule has 36 heavy (non-hydrogen) atoms. The largest absolute Gasteiger partial charge is 0.482 e. The second-order valence-electron chi connectivity index (χ2n) is 8.47. The molecule has 0 radical (unpaired) electrons. The van der Waals surface area contributed by atoms with Gasteiger partial charge in [0, 0.05) is 23.2 Å². The Hall–Kier alpha value is -4.64. The van der Waals surface area contributed by atoms with E-state index in [1.54, 1.807) is 6.07 Å². The molecule has 0 aliphatic rings. The van der Waals surface area contributed by atoms with E-state index >= 15 is 0 Å². The molecule has 4 aromatic carbocycles. The minimum Gasteiger partial charge on any atom is -0.482 e. The highest BCUT2D eigenvalue weighted by atomic mass is 16.5. The van der Waals surface area contributed by atoms with Gasteiger partial charge in [-0.25, -0.2) is 4.79 Å². The summed E-state index contributed by atoms with van der Waals surface area (Å²) in [6.45, 7) is 0.293. The molecule has 0 aliphatic heterocycles. The summed E-state index contributed by atoms with van der Waals surface area (Å²) >= 11 is 0. The lowest BCUT2D eigenvalue weighted by Crippen LogP contribution is -2.09. The van der Waals surface area contributed by atoms with Crippen LogP contribution in [-0.4, -0.2) is 27.5 Å². The van der Waals surface area contributed by atoms with E-state index in [0.29, 0.717) is 18.7 Å². The molecule has 0 fully saturated rings. The van der Waals surface area contributed by atoms with Crippen molar-refractivity contribution in [1.82, 2.24) is 9.78 Å². The van der Waals surface area contributed by atoms with E-state index in [4.69, 9.17) is 14.9 Å². The van der Waals surface area contributed by atoms with Crippen LogP contribution in [0.2, 0.25) is 0 Å². The molecular formula is C31H26N2O3. The average molecular weight is 475 g/mol. The lowest BCUT2D eigenvalue weighted by atomic mass is 9.96. The predicted molar refractivity (Wildman–Crippen MR) is 142 cm³/mol. The second kappa shape index (κ2) is 10.7. The summed E-state index contributed by atoms with van der Waals surface area (Å²) < 4.78 is 7.46. The van der Waals surface area contributed by atoms with Gasteiger partial charge >= 0.3 is 5.97 Å². The topological polar surface area (TPSA) is 64.3 Å². The summed E-state index contributed by atoms with van der Waals surface area (Å²) in [5.41, 5.74) is 7.45. The van der Waals surface area contributed by atoms with Crippen molar-refractivity contribution in [2.24, 2.45) is 0 Å². The summed E-state index contributed by atoms with van der Waals surface area (Å²) in [5.74, 6) is -0.445. The third-order valence-electron chi connectivity index (χ3n) is 5.98. The van der Waals surface area contributed by atoms with E-state index in [2.05, 4.69) is 53.2 Å². The van der Waals surface area contributed by atoms with Gasteiger partial charge in [0.1, 0.15) is 11.4 Å². The molecule has 5 rings (SSSR count). The number of nitrogens with zero attached hydrogens (tertiary/aromatic N) is 2. The Balaban J connectivity index is 1.58. The molecule has 0 aliphatic carbocycles. The van der Waals surface area contributed by atoms with Gasteiger partial charge in [-0.15, -0.1) is 0 Å². The number of benzene rings is 4. The minimum absolute atomic E-state index is 0.359. The Bertz CT molecular complexity index is 1450. The number of ether oxygens (including phenoxy) is 1. The summed E-state index contributed by atoms with van der Waals surface area (Å²) in [5, 5.41) is 14.1. The lowest BCUT2D eigenvalue weighted by Gasteiger charge is -2.11. The first-order valence-corrected chi connectivity index (χ1v) is 11.9. The van der Waals surface area contributed by atoms with Crippen LogP contribution in [0.4, 0.5) is 0 Å². The molecule has 5 nitrogen and oxygen atoms in total. The summed E-state index contributed by atoms with van der Waals surface area (Å²) in [6.07, 6.45) is 0.717. The Morgan fingerprint density at radius 1 is 0.750 bits per heavy atom. The smallest absolute Gasteiger partial charge is 0.341 e.